The molecule has 3 rings (SSSR count). The molecule has 0 N–H and O–H groups in total. The van der Waals surface area contributed by atoms with Crippen molar-refractivity contribution in [2.45, 2.75) is 24.3 Å². The molecule has 7 nitrogen and oxygen atoms in total. The highest BCUT2D eigenvalue weighted by molar-refractivity contribution is 7.89. The molecular weight excluding hydrogens is 416 g/mol. The van der Waals surface area contributed by atoms with Crippen LogP contribution in [0.3, 0.4) is 0 Å². The Hall–Kier alpha value is -2.42. The molecule has 1 aliphatic heterocycles. The highest BCUT2D eigenvalue weighted by atomic mass is 35.5. The van der Waals surface area contributed by atoms with Gasteiger partial charge in [-0.2, -0.15) is 0 Å². The maximum absolute atomic E-state index is 12.8. The van der Waals surface area contributed by atoms with E-state index < -0.39 is 22.1 Å². The predicted molar refractivity (Wildman–Crippen MR) is 110 cm³/mol. The number of carbonyl (C=O) groups is 2. The molecule has 1 amide bonds. The first kappa shape index (κ1) is 21.3. The topological polar surface area (TPSA) is 84.0 Å². The number of hydrogen-bond acceptors (Lipinski definition) is 5. The number of fused-ring (bicyclic) bond motifs is 1. The fourth-order valence-electron chi connectivity index (χ4n) is 3.09. The molecule has 1 atom stereocenters. The largest absolute Gasteiger partial charge is 0.449 e. The molecule has 0 fully saturated rings. The zero-order chi connectivity index (χ0) is 21.3. The maximum Gasteiger partial charge on any atom is 0.338 e. The Labute approximate surface area is 174 Å². The molecule has 0 saturated carbocycles. The first-order chi connectivity index (χ1) is 13.6. The van der Waals surface area contributed by atoms with Crippen molar-refractivity contribution in [2.24, 2.45) is 0 Å². The third-order valence-electron chi connectivity index (χ3n) is 4.71. The van der Waals surface area contributed by atoms with Crippen LogP contribution in [0.15, 0.2) is 47.4 Å². The summed E-state index contributed by atoms with van der Waals surface area (Å²) >= 11 is 6.00. The van der Waals surface area contributed by atoms with Crippen molar-refractivity contribution in [3.8, 4) is 0 Å². The summed E-state index contributed by atoms with van der Waals surface area (Å²) in [6.45, 7) is 2.01. The first-order valence-corrected chi connectivity index (χ1v) is 10.8. The molecular formula is C20H21ClN2O5S. The molecule has 0 aromatic heterocycles. The van der Waals surface area contributed by atoms with Gasteiger partial charge in [0, 0.05) is 26.3 Å². The standard InChI is InChI=1S/C20H21ClN2O5S/c1-13(19(24)23-11-10-14-6-4-5-7-17(14)23)28-20(25)15-8-9-16(21)18(12-15)29(26,27)22(2)3/h4-9,12-13H,10-11H2,1-3H3. The van der Waals surface area contributed by atoms with Crippen molar-refractivity contribution in [3.05, 3.63) is 58.6 Å². The Morgan fingerprint density at radius 2 is 1.86 bits per heavy atom. The van der Waals surface area contributed by atoms with Gasteiger partial charge in [0.2, 0.25) is 10.0 Å². The van der Waals surface area contributed by atoms with Gasteiger partial charge in [0.25, 0.3) is 5.91 Å². The number of rotatable bonds is 5. The summed E-state index contributed by atoms with van der Waals surface area (Å²) < 4.78 is 31.1. The molecule has 1 unspecified atom stereocenters. The van der Waals surface area contributed by atoms with Crippen molar-refractivity contribution < 1.29 is 22.7 Å². The van der Waals surface area contributed by atoms with Gasteiger partial charge in [-0.05, 0) is 43.2 Å². The van der Waals surface area contributed by atoms with Crippen LogP contribution in [0.4, 0.5) is 5.69 Å². The Bertz CT molecular complexity index is 1070. The lowest BCUT2D eigenvalue weighted by Gasteiger charge is -2.22. The highest BCUT2D eigenvalue weighted by Gasteiger charge is 2.30. The fraction of sp³-hybridized carbons (Fsp3) is 0.300. The number of benzene rings is 2. The van der Waals surface area contributed by atoms with E-state index in [-0.39, 0.29) is 21.4 Å². The Morgan fingerprint density at radius 3 is 2.55 bits per heavy atom. The van der Waals surface area contributed by atoms with Gasteiger partial charge in [0.05, 0.1) is 10.6 Å². The summed E-state index contributed by atoms with van der Waals surface area (Å²) in [5.41, 5.74) is 1.87. The number of amides is 1. The van der Waals surface area contributed by atoms with Crippen LogP contribution in [0.2, 0.25) is 5.02 Å². The summed E-state index contributed by atoms with van der Waals surface area (Å²) in [6, 6.07) is 11.4. The number of sulfonamides is 1. The molecule has 0 radical (unpaired) electrons. The third-order valence-corrected chi connectivity index (χ3v) is 7.01. The molecule has 2 aromatic carbocycles. The minimum Gasteiger partial charge on any atom is -0.449 e. The van der Waals surface area contributed by atoms with Crippen LogP contribution in [-0.2, 0) is 26.0 Å². The van der Waals surface area contributed by atoms with E-state index in [1.54, 1.807) is 4.90 Å². The Balaban J connectivity index is 1.78. The zero-order valence-electron chi connectivity index (χ0n) is 16.3. The molecule has 0 aliphatic carbocycles. The van der Waals surface area contributed by atoms with Crippen LogP contribution in [-0.4, -0.2) is 51.3 Å². The van der Waals surface area contributed by atoms with E-state index in [4.69, 9.17) is 16.3 Å². The molecule has 2 aromatic rings. The fourth-order valence-corrected chi connectivity index (χ4v) is 4.48. The van der Waals surface area contributed by atoms with Gasteiger partial charge < -0.3 is 9.64 Å². The number of esters is 1. The number of anilines is 1. The second-order valence-corrected chi connectivity index (χ2v) is 9.38. The predicted octanol–water partition coefficient (Wildman–Crippen LogP) is 2.72. The molecule has 29 heavy (non-hydrogen) atoms. The van der Waals surface area contributed by atoms with Crippen LogP contribution < -0.4 is 4.90 Å². The molecule has 9 heteroatoms. The second kappa shape index (κ2) is 8.14. The monoisotopic (exact) mass is 436 g/mol. The quantitative estimate of drug-likeness (QED) is 0.673. The summed E-state index contributed by atoms with van der Waals surface area (Å²) in [5, 5.41) is -0.00644. The van der Waals surface area contributed by atoms with Gasteiger partial charge in [-0.25, -0.2) is 17.5 Å². The normalized spacial score (nSPS) is 14.6. The molecule has 0 saturated heterocycles. The van der Waals surface area contributed by atoms with Crippen LogP contribution in [0.1, 0.15) is 22.8 Å². The summed E-state index contributed by atoms with van der Waals surface area (Å²) in [7, 11) is -1.10. The average molecular weight is 437 g/mol. The van der Waals surface area contributed by atoms with Crippen LogP contribution in [0.25, 0.3) is 0 Å². The number of nitrogens with zero attached hydrogens (tertiary/aromatic N) is 2. The van der Waals surface area contributed by atoms with E-state index in [0.717, 1.165) is 28.0 Å². The minimum absolute atomic E-state index is 0.00343. The van der Waals surface area contributed by atoms with E-state index in [9.17, 15) is 18.0 Å². The van der Waals surface area contributed by atoms with Crippen LogP contribution >= 0.6 is 11.6 Å². The second-order valence-electron chi connectivity index (χ2n) is 6.85. The lowest BCUT2D eigenvalue weighted by atomic mass is 10.2. The Kier molecular flexibility index (Phi) is 5.97. The summed E-state index contributed by atoms with van der Waals surface area (Å²) in [4.78, 5) is 26.7. The van der Waals surface area contributed by atoms with Gasteiger partial charge in [-0.15, -0.1) is 0 Å². The Morgan fingerprint density at radius 1 is 1.17 bits per heavy atom. The van der Waals surface area contributed by atoms with Crippen molar-refractivity contribution in [2.75, 3.05) is 25.5 Å². The first-order valence-electron chi connectivity index (χ1n) is 8.95. The van der Waals surface area contributed by atoms with Crippen molar-refractivity contribution in [1.29, 1.82) is 0 Å². The van der Waals surface area contributed by atoms with Crippen LogP contribution in [0, 0.1) is 0 Å². The maximum atomic E-state index is 12.8. The smallest absolute Gasteiger partial charge is 0.338 e. The molecule has 0 spiro atoms. The lowest BCUT2D eigenvalue weighted by molar-refractivity contribution is -0.126. The number of ether oxygens (including phenoxy) is 1. The number of para-hydroxylation sites is 1. The molecule has 0 bridgehead atoms. The minimum atomic E-state index is -3.84. The SMILES string of the molecule is CC(OC(=O)c1ccc(Cl)c(S(=O)(=O)N(C)C)c1)C(=O)N1CCc2ccccc21. The van der Waals surface area contributed by atoms with Crippen LogP contribution in [0.5, 0.6) is 0 Å². The number of halogens is 1. The zero-order valence-corrected chi connectivity index (χ0v) is 17.8. The number of hydrogen-bond donors (Lipinski definition) is 0. The van der Waals surface area contributed by atoms with Gasteiger partial charge in [0.1, 0.15) is 4.90 Å². The van der Waals surface area contributed by atoms with Crippen molar-refractivity contribution in [1.82, 2.24) is 4.31 Å². The third kappa shape index (κ3) is 4.14. The van der Waals surface area contributed by atoms with E-state index in [2.05, 4.69) is 0 Å². The summed E-state index contributed by atoms with van der Waals surface area (Å²) in [5.74, 6) is -1.14. The van der Waals surface area contributed by atoms with Gasteiger partial charge in [-0.1, -0.05) is 29.8 Å². The van der Waals surface area contributed by atoms with Gasteiger partial charge in [-0.3, -0.25) is 4.79 Å². The van der Waals surface area contributed by atoms with Gasteiger partial charge >= 0.3 is 5.97 Å². The lowest BCUT2D eigenvalue weighted by Crippen LogP contribution is -2.39. The molecule has 1 aliphatic rings. The van der Waals surface area contributed by atoms with Gasteiger partial charge in [0.15, 0.2) is 6.10 Å². The molecule has 1 heterocycles. The summed E-state index contributed by atoms with van der Waals surface area (Å²) in [6.07, 6.45) is -0.288. The molecule has 154 valence electrons. The number of carbonyl (C=O) groups excluding carboxylic acids is 2. The van der Waals surface area contributed by atoms with E-state index in [0.29, 0.717) is 6.54 Å². The highest BCUT2D eigenvalue weighted by Crippen LogP contribution is 2.29. The van der Waals surface area contributed by atoms with Crippen molar-refractivity contribution >= 4 is 39.2 Å². The van der Waals surface area contributed by atoms with Crippen molar-refractivity contribution in [3.63, 3.8) is 0 Å². The average Bonchev–Trinajstić information content (AvgIpc) is 3.11. The van der Waals surface area contributed by atoms with E-state index >= 15 is 0 Å². The van der Waals surface area contributed by atoms with E-state index in [1.165, 1.54) is 33.2 Å². The van der Waals surface area contributed by atoms with E-state index in [1.807, 2.05) is 24.3 Å².